The molecule has 2 unspecified atom stereocenters. The number of ether oxygens (including phenoxy) is 2. The minimum absolute atomic E-state index is 0.0104. The Labute approximate surface area is 253 Å². The van der Waals surface area contributed by atoms with Gasteiger partial charge < -0.3 is 19.9 Å². The second kappa shape index (κ2) is 13.0. The number of benzene rings is 2. The largest absolute Gasteiger partial charge is 0.491 e. The molecule has 13 heteroatoms. The van der Waals surface area contributed by atoms with Crippen LogP contribution < -0.4 is 14.8 Å². The van der Waals surface area contributed by atoms with Crippen LogP contribution in [0.1, 0.15) is 25.0 Å². The predicted molar refractivity (Wildman–Crippen MR) is 162 cm³/mol. The molecule has 2 saturated heterocycles. The molecule has 0 saturated carbocycles. The number of aryl methyl sites for hydroxylation is 1. The van der Waals surface area contributed by atoms with Crippen LogP contribution in [0.2, 0.25) is 0 Å². The third-order valence-corrected chi connectivity index (χ3v) is 11.3. The second-order valence-corrected chi connectivity index (χ2v) is 14.9. The molecular weight excluding hydrogens is 592 g/mol. The van der Waals surface area contributed by atoms with Gasteiger partial charge in [-0.05, 0) is 80.8 Å². The molecule has 5 rings (SSSR count). The average Bonchev–Trinajstić information content (AvgIpc) is 3.41. The Hall–Kier alpha value is -2.91. The normalized spacial score (nSPS) is 19.8. The highest BCUT2D eigenvalue weighted by molar-refractivity contribution is 7.89. The van der Waals surface area contributed by atoms with Crippen molar-refractivity contribution in [3.63, 3.8) is 0 Å². The topological polar surface area (TPSA) is 147 Å². The first kappa shape index (κ1) is 31.5. The number of aliphatic hydroxyl groups excluding tert-OH is 1. The van der Waals surface area contributed by atoms with Crippen molar-refractivity contribution in [3.8, 4) is 16.9 Å². The summed E-state index contributed by atoms with van der Waals surface area (Å²) in [7, 11) is -5.92. The molecule has 3 aromatic rings. The lowest BCUT2D eigenvalue weighted by atomic mass is 9.88. The Morgan fingerprint density at radius 2 is 1.77 bits per heavy atom. The van der Waals surface area contributed by atoms with E-state index in [0.717, 1.165) is 23.2 Å². The lowest BCUT2D eigenvalue weighted by Crippen LogP contribution is -2.47. The zero-order chi connectivity index (χ0) is 30.7. The van der Waals surface area contributed by atoms with Crippen LogP contribution in [0.5, 0.6) is 5.75 Å². The van der Waals surface area contributed by atoms with E-state index in [1.807, 2.05) is 25.1 Å². The number of pyridine rings is 1. The number of piperidine rings is 1. The van der Waals surface area contributed by atoms with Crippen LogP contribution in [-0.2, 0) is 24.8 Å². The number of hydrogen-bond donors (Lipinski definition) is 3. The van der Waals surface area contributed by atoms with Crippen LogP contribution in [0, 0.1) is 6.92 Å². The molecular formula is C30H38N4O7S2. The number of hydrogen-bond acceptors (Lipinski definition) is 9. The third-order valence-electron chi connectivity index (χ3n) is 8.01. The van der Waals surface area contributed by atoms with E-state index in [1.165, 1.54) is 23.5 Å². The number of sulfonamides is 2. The van der Waals surface area contributed by atoms with Gasteiger partial charge in [-0.15, -0.1) is 0 Å². The van der Waals surface area contributed by atoms with E-state index in [-0.39, 0.29) is 29.0 Å². The summed E-state index contributed by atoms with van der Waals surface area (Å²) in [4.78, 5) is 4.58. The molecule has 1 spiro atoms. The van der Waals surface area contributed by atoms with Gasteiger partial charge in [0.05, 0.1) is 22.0 Å². The van der Waals surface area contributed by atoms with Crippen LogP contribution in [0.4, 0.5) is 0 Å². The highest BCUT2D eigenvalue weighted by Gasteiger charge is 2.44. The molecule has 2 aliphatic rings. The molecule has 1 aromatic heterocycles. The van der Waals surface area contributed by atoms with Crippen molar-refractivity contribution in [2.45, 2.75) is 53.7 Å². The van der Waals surface area contributed by atoms with Crippen LogP contribution in [0.15, 0.2) is 76.7 Å². The van der Waals surface area contributed by atoms with Crippen molar-refractivity contribution < 1.29 is 31.4 Å². The molecule has 2 fully saturated rings. The first-order valence-corrected chi connectivity index (χ1v) is 17.2. The van der Waals surface area contributed by atoms with E-state index in [9.17, 15) is 21.9 Å². The summed E-state index contributed by atoms with van der Waals surface area (Å²) >= 11 is 0. The highest BCUT2D eigenvalue weighted by atomic mass is 32.2. The summed E-state index contributed by atoms with van der Waals surface area (Å²) in [6.45, 7) is 3.37. The zero-order valence-electron chi connectivity index (χ0n) is 24.3. The Bertz CT molecular complexity index is 1640. The fourth-order valence-corrected chi connectivity index (χ4v) is 7.82. The van der Waals surface area contributed by atoms with E-state index >= 15 is 0 Å². The van der Waals surface area contributed by atoms with Gasteiger partial charge in [0.15, 0.2) is 0 Å². The van der Waals surface area contributed by atoms with Crippen LogP contribution in [0.3, 0.4) is 0 Å². The van der Waals surface area contributed by atoms with Crippen molar-refractivity contribution in [3.05, 3.63) is 72.6 Å². The monoisotopic (exact) mass is 630 g/mol. The summed E-state index contributed by atoms with van der Waals surface area (Å²) in [5.41, 5.74) is 2.22. The lowest BCUT2D eigenvalue weighted by molar-refractivity contribution is -0.0312. The van der Waals surface area contributed by atoms with Crippen molar-refractivity contribution in [1.29, 1.82) is 0 Å². The van der Waals surface area contributed by atoms with E-state index in [2.05, 4.69) is 15.0 Å². The van der Waals surface area contributed by atoms with Gasteiger partial charge in [-0.3, -0.25) is 4.98 Å². The smallest absolute Gasteiger partial charge is 0.243 e. The number of rotatable bonds is 11. The van der Waals surface area contributed by atoms with Crippen LogP contribution in [-0.4, -0.2) is 88.9 Å². The molecule has 0 bridgehead atoms. The maximum Gasteiger partial charge on any atom is 0.243 e. The maximum absolute atomic E-state index is 13.5. The van der Waals surface area contributed by atoms with Crippen molar-refractivity contribution >= 4 is 20.0 Å². The van der Waals surface area contributed by atoms with E-state index in [1.54, 1.807) is 36.5 Å². The third kappa shape index (κ3) is 7.43. The van der Waals surface area contributed by atoms with Crippen molar-refractivity contribution in [2.24, 2.45) is 0 Å². The molecule has 3 N–H and O–H groups in total. The van der Waals surface area contributed by atoms with Gasteiger partial charge in [-0.1, -0.05) is 18.2 Å². The number of nitrogens with zero attached hydrogens (tertiary/aromatic N) is 2. The van der Waals surface area contributed by atoms with Crippen molar-refractivity contribution in [2.75, 3.05) is 39.9 Å². The van der Waals surface area contributed by atoms with Gasteiger partial charge in [0.1, 0.15) is 18.5 Å². The summed E-state index contributed by atoms with van der Waals surface area (Å²) in [5.74, 6) is 0.347. The molecule has 0 aliphatic carbocycles. The Morgan fingerprint density at radius 1 is 1.05 bits per heavy atom. The molecule has 43 heavy (non-hydrogen) atoms. The molecule has 2 atom stereocenters. The predicted octanol–water partition coefficient (Wildman–Crippen LogP) is 2.31. The minimum Gasteiger partial charge on any atom is -0.491 e. The van der Waals surface area contributed by atoms with Crippen LogP contribution in [0.25, 0.3) is 11.1 Å². The van der Waals surface area contributed by atoms with Gasteiger partial charge in [0, 0.05) is 43.6 Å². The highest BCUT2D eigenvalue weighted by Crippen LogP contribution is 2.37. The molecule has 3 heterocycles. The summed E-state index contributed by atoms with van der Waals surface area (Å²) in [6.07, 6.45) is 2.79. The number of aromatic nitrogens is 1. The number of nitrogens with one attached hydrogen (secondary N) is 2. The summed E-state index contributed by atoms with van der Waals surface area (Å²) in [5, 5.41) is 13.8. The second-order valence-electron chi connectivity index (χ2n) is 11.1. The molecule has 0 radical (unpaired) electrons. The first-order valence-electron chi connectivity index (χ1n) is 14.2. The van der Waals surface area contributed by atoms with E-state index in [4.69, 9.17) is 9.47 Å². The molecule has 232 valence electrons. The summed E-state index contributed by atoms with van der Waals surface area (Å²) < 4.78 is 66.6. The molecule has 2 aromatic carbocycles. The van der Waals surface area contributed by atoms with Gasteiger partial charge in [-0.2, -0.15) is 4.31 Å². The summed E-state index contributed by atoms with van der Waals surface area (Å²) in [6, 6.07) is 16.9. The van der Waals surface area contributed by atoms with Crippen LogP contribution >= 0.6 is 0 Å². The molecule has 0 amide bonds. The lowest BCUT2D eigenvalue weighted by Gasteiger charge is -2.38. The molecule has 2 aliphatic heterocycles. The molecule has 11 nitrogen and oxygen atoms in total. The Morgan fingerprint density at radius 3 is 2.51 bits per heavy atom. The fourth-order valence-electron chi connectivity index (χ4n) is 5.57. The quantitative estimate of drug-likeness (QED) is 0.290. The Kier molecular flexibility index (Phi) is 9.52. The van der Waals surface area contributed by atoms with Crippen molar-refractivity contribution in [1.82, 2.24) is 19.3 Å². The van der Waals surface area contributed by atoms with Gasteiger partial charge in [0.2, 0.25) is 20.0 Å². The van der Waals surface area contributed by atoms with Gasteiger partial charge in [-0.25, -0.2) is 21.6 Å². The van der Waals surface area contributed by atoms with E-state index in [0.29, 0.717) is 38.3 Å². The van der Waals surface area contributed by atoms with Gasteiger partial charge >= 0.3 is 0 Å². The fraction of sp³-hybridized carbons (Fsp3) is 0.433. The average molecular weight is 631 g/mol. The first-order chi connectivity index (χ1) is 20.5. The number of aliphatic hydroxyl groups is 1. The maximum atomic E-state index is 13.5. The zero-order valence-corrected chi connectivity index (χ0v) is 25.9. The van der Waals surface area contributed by atoms with Gasteiger partial charge in [0.25, 0.3) is 0 Å². The standard InChI is InChI=1S/C30H38N4O7S2/c1-22-15-24(9-12-32-22)23-5-3-8-29(16-23)43(38,39)34-13-10-30(11-14-34)18-25(20-41-30)33-19-26(35)21-40-27-6-4-7-28(17-27)42(36,37)31-2/h3-9,12,15-17,25-26,31,33,35H,10-11,13-14,18-21H2,1-2H3. The minimum atomic E-state index is -3.66. The Balaban J connectivity index is 1.10. The van der Waals surface area contributed by atoms with E-state index < -0.39 is 31.8 Å². The SMILES string of the molecule is CNS(=O)(=O)c1cccc(OCC(O)CNC2COC3(CCN(S(=O)(=O)c4cccc(-c5ccnc(C)c5)c4)CC3)C2)c1.